The zero-order chi connectivity index (χ0) is 19.7. The molecule has 9 heteroatoms. The lowest BCUT2D eigenvalue weighted by Crippen LogP contribution is -2.57. The van der Waals surface area contributed by atoms with Crippen LogP contribution in [0.25, 0.3) is 11.0 Å². The molecule has 0 aliphatic carbocycles. The van der Waals surface area contributed by atoms with E-state index >= 15 is 0 Å². The van der Waals surface area contributed by atoms with Crippen LogP contribution in [0.3, 0.4) is 0 Å². The van der Waals surface area contributed by atoms with E-state index in [4.69, 9.17) is 16.3 Å². The monoisotopic (exact) mass is 400 g/mol. The second-order valence-electron chi connectivity index (χ2n) is 6.61. The highest BCUT2D eigenvalue weighted by molar-refractivity contribution is 6.30. The van der Waals surface area contributed by atoms with Gasteiger partial charge in [-0.3, -0.25) is 5.10 Å². The first-order valence-electron chi connectivity index (χ1n) is 9.15. The van der Waals surface area contributed by atoms with Gasteiger partial charge in [0.15, 0.2) is 5.65 Å². The van der Waals surface area contributed by atoms with Gasteiger partial charge in [-0.05, 0) is 24.6 Å². The molecule has 146 valence electrons. The Labute approximate surface area is 167 Å². The Morgan fingerprint density at radius 2 is 2.21 bits per heavy atom. The van der Waals surface area contributed by atoms with Crippen molar-refractivity contribution in [3.05, 3.63) is 41.3 Å². The number of aryl methyl sites for hydroxylation is 1. The van der Waals surface area contributed by atoms with Crippen molar-refractivity contribution in [2.45, 2.75) is 19.4 Å². The largest absolute Gasteiger partial charge is 0.467 e. The molecule has 1 fully saturated rings. The first-order valence-corrected chi connectivity index (χ1v) is 9.53. The maximum Gasteiger partial charge on any atom is 0.330 e. The Morgan fingerprint density at radius 3 is 2.96 bits per heavy atom. The number of anilines is 2. The maximum atomic E-state index is 12.6. The summed E-state index contributed by atoms with van der Waals surface area (Å²) in [7, 11) is 1.41. The molecule has 1 saturated heterocycles. The molecule has 0 unspecified atom stereocenters. The van der Waals surface area contributed by atoms with E-state index in [1.54, 1.807) is 0 Å². The number of H-pyrrole nitrogens is 1. The normalized spacial score (nSPS) is 17.2. The van der Waals surface area contributed by atoms with Gasteiger partial charge in [-0.1, -0.05) is 24.6 Å². The van der Waals surface area contributed by atoms with E-state index in [1.165, 1.54) is 13.4 Å². The Hall–Kier alpha value is -2.87. The fourth-order valence-corrected chi connectivity index (χ4v) is 3.86. The number of nitrogens with zero attached hydrogens (tertiary/aromatic N) is 5. The van der Waals surface area contributed by atoms with Crippen LogP contribution in [0.15, 0.2) is 30.6 Å². The highest BCUT2D eigenvalue weighted by Gasteiger charge is 2.35. The van der Waals surface area contributed by atoms with Gasteiger partial charge >= 0.3 is 5.97 Å². The van der Waals surface area contributed by atoms with Gasteiger partial charge in [-0.15, -0.1) is 0 Å². The summed E-state index contributed by atoms with van der Waals surface area (Å²) in [5, 5.41) is 8.84. The zero-order valence-corrected chi connectivity index (χ0v) is 16.5. The molecule has 3 aromatic rings. The van der Waals surface area contributed by atoms with Gasteiger partial charge in [0, 0.05) is 29.5 Å². The number of aromatic amines is 1. The molecule has 0 saturated carbocycles. The standard InChI is InChI=1S/C19H21ClN6O2/c1-3-14-16-17(24-23-14)21-11-22-18(16)25-7-8-26(15(10-25)19(27)28-2)13-6-4-5-12(20)9-13/h4-6,9,11,15H,3,7-8,10H2,1-2H3,(H,21,22,23,24)/t15-/m1/s1. The molecule has 28 heavy (non-hydrogen) atoms. The Kier molecular flexibility index (Phi) is 5.04. The summed E-state index contributed by atoms with van der Waals surface area (Å²) in [5.41, 5.74) is 2.51. The van der Waals surface area contributed by atoms with Gasteiger partial charge in [0.05, 0.1) is 19.0 Å². The Balaban J connectivity index is 1.70. The Bertz CT molecular complexity index is 1010. The highest BCUT2D eigenvalue weighted by Crippen LogP contribution is 2.30. The predicted molar refractivity (Wildman–Crippen MR) is 108 cm³/mol. The number of aromatic nitrogens is 4. The number of carbonyl (C=O) groups excluding carboxylic acids is 1. The van der Waals surface area contributed by atoms with E-state index < -0.39 is 6.04 Å². The van der Waals surface area contributed by atoms with Gasteiger partial charge in [-0.25, -0.2) is 14.8 Å². The Morgan fingerprint density at radius 1 is 1.36 bits per heavy atom. The fourth-order valence-electron chi connectivity index (χ4n) is 3.67. The minimum Gasteiger partial charge on any atom is -0.467 e. The van der Waals surface area contributed by atoms with Gasteiger partial charge in [0.2, 0.25) is 0 Å². The number of esters is 1. The van der Waals surface area contributed by atoms with Crippen LogP contribution in [0.1, 0.15) is 12.6 Å². The van der Waals surface area contributed by atoms with Crippen molar-refractivity contribution in [3.63, 3.8) is 0 Å². The fraction of sp³-hybridized carbons (Fsp3) is 0.368. The van der Waals surface area contributed by atoms with Crippen molar-refractivity contribution in [1.29, 1.82) is 0 Å². The summed E-state index contributed by atoms with van der Waals surface area (Å²) in [6, 6.07) is 7.04. The second kappa shape index (κ2) is 7.63. The lowest BCUT2D eigenvalue weighted by Gasteiger charge is -2.41. The second-order valence-corrected chi connectivity index (χ2v) is 7.05. The molecular weight excluding hydrogens is 380 g/mol. The first-order chi connectivity index (χ1) is 13.6. The third-order valence-corrected chi connectivity index (χ3v) is 5.29. The predicted octanol–water partition coefficient (Wildman–Crippen LogP) is 2.44. The van der Waals surface area contributed by atoms with E-state index in [0.29, 0.717) is 30.3 Å². The number of halogens is 1. The quantitative estimate of drug-likeness (QED) is 0.673. The number of carbonyl (C=O) groups is 1. The van der Waals surface area contributed by atoms with Crippen molar-refractivity contribution < 1.29 is 9.53 Å². The molecule has 0 bridgehead atoms. The van der Waals surface area contributed by atoms with Crippen LogP contribution in [-0.4, -0.2) is 58.9 Å². The molecule has 8 nitrogen and oxygen atoms in total. The maximum absolute atomic E-state index is 12.6. The van der Waals surface area contributed by atoms with Crippen LogP contribution in [0.2, 0.25) is 5.02 Å². The van der Waals surface area contributed by atoms with E-state index in [9.17, 15) is 4.79 Å². The van der Waals surface area contributed by atoms with Crippen molar-refractivity contribution >= 4 is 40.1 Å². The smallest absolute Gasteiger partial charge is 0.330 e. The molecule has 2 aromatic heterocycles. The number of hydrogen-bond donors (Lipinski definition) is 1. The van der Waals surface area contributed by atoms with Gasteiger partial charge in [0.1, 0.15) is 18.2 Å². The number of fused-ring (bicyclic) bond motifs is 1. The number of ether oxygens (including phenoxy) is 1. The SMILES string of the molecule is CCc1[nH]nc2ncnc(N3CCN(c4cccc(Cl)c4)[C@@H](C(=O)OC)C3)c12. The molecule has 4 rings (SSSR count). The average molecular weight is 401 g/mol. The minimum atomic E-state index is -0.473. The van der Waals surface area contributed by atoms with Crippen molar-refractivity contribution in [2.24, 2.45) is 0 Å². The van der Waals surface area contributed by atoms with Crippen LogP contribution in [0, 0.1) is 0 Å². The van der Waals surface area contributed by atoms with E-state index in [-0.39, 0.29) is 5.97 Å². The molecule has 0 spiro atoms. The first kappa shape index (κ1) is 18.5. The van der Waals surface area contributed by atoms with Crippen LogP contribution in [-0.2, 0) is 16.0 Å². The number of benzene rings is 1. The molecule has 1 aliphatic rings. The van der Waals surface area contributed by atoms with Crippen LogP contribution in [0.5, 0.6) is 0 Å². The zero-order valence-electron chi connectivity index (χ0n) is 15.7. The van der Waals surface area contributed by atoms with Crippen molar-refractivity contribution in [3.8, 4) is 0 Å². The summed E-state index contributed by atoms with van der Waals surface area (Å²) >= 11 is 6.16. The minimum absolute atomic E-state index is 0.294. The number of rotatable bonds is 4. The summed E-state index contributed by atoms with van der Waals surface area (Å²) < 4.78 is 5.08. The third-order valence-electron chi connectivity index (χ3n) is 5.05. The lowest BCUT2D eigenvalue weighted by atomic mass is 10.1. The number of nitrogens with one attached hydrogen (secondary N) is 1. The molecule has 1 aromatic carbocycles. The third kappa shape index (κ3) is 3.24. The van der Waals surface area contributed by atoms with Gasteiger partial charge in [0.25, 0.3) is 0 Å². The summed E-state index contributed by atoms with van der Waals surface area (Å²) in [5.74, 6) is 0.494. The number of hydrogen-bond acceptors (Lipinski definition) is 7. The lowest BCUT2D eigenvalue weighted by molar-refractivity contribution is -0.142. The topological polar surface area (TPSA) is 87.2 Å². The van der Waals surface area contributed by atoms with E-state index in [2.05, 4.69) is 32.0 Å². The number of methoxy groups -OCH3 is 1. The van der Waals surface area contributed by atoms with Gasteiger partial charge in [-0.2, -0.15) is 5.10 Å². The number of piperazine rings is 1. The summed E-state index contributed by atoms with van der Waals surface area (Å²) in [4.78, 5) is 25.5. The van der Waals surface area contributed by atoms with Crippen LogP contribution >= 0.6 is 11.6 Å². The average Bonchev–Trinajstić information content (AvgIpc) is 3.16. The van der Waals surface area contributed by atoms with E-state index in [1.807, 2.05) is 29.2 Å². The van der Waals surface area contributed by atoms with Crippen LogP contribution < -0.4 is 9.80 Å². The highest BCUT2D eigenvalue weighted by atomic mass is 35.5. The van der Waals surface area contributed by atoms with Crippen molar-refractivity contribution in [1.82, 2.24) is 20.2 Å². The van der Waals surface area contributed by atoms with Crippen molar-refractivity contribution in [2.75, 3.05) is 36.5 Å². The molecule has 1 atom stereocenters. The summed E-state index contributed by atoms with van der Waals surface area (Å²) in [6.07, 6.45) is 2.30. The molecule has 1 aliphatic heterocycles. The van der Waals surface area contributed by atoms with Crippen LogP contribution in [0.4, 0.5) is 11.5 Å². The summed E-state index contributed by atoms with van der Waals surface area (Å²) in [6.45, 7) is 3.82. The molecule has 0 amide bonds. The molecular formula is C19H21ClN6O2. The molecule has 3 heterocycles. The molecule has 0 radical (unpaired) electrons. The molecule has 1 N–H and O–H groups in total. The van der Waals surface area contributed by atoms with Gasteiger partial charge < -0.3 is 14.5 Å². The van der Waals surface area contributed by atoms with E-state index in [0.717, 1.165) is 29.0 Å².